The molecule has 0 radical (unpaired) electrons. The van der Waals surface area contributed by atoms with Gasteiger partial charge in [-0.15, -0.1) is 0 Å². The monoisotopic (exact) mass is 522 g/mol. The third-order valence-electron chi connectivity index (χ3n) is 6.17. The number of fused-ring (bicyclic) bond motifs is 2. The Bertz CT molecular complexity index is 1210. The van der Waals surface area contributed by atoms with Gasteiger partial charge < -0.3 is 9.80 Å². The van der Waals surface area contributed by atoms with Crippen molar-refractivity contribution < 1.29 is 22.4 Å². The zero-order chi connectivity index (χ0) is 23.2. The van der Waals surface area contributed by atoms with Crippen LogP contribution in [0.3, 0.4) is 0 Å². The molecule has 6 nitrogen and oxygen atoms in total. The summed E-state index contributed by atoms with van der Waals surface area (Å²) in [6.45, 7) is 3.88. The molecule has 0 saturated heterocycles. The molecular formula is C23H24BrFN2O4S. The largest absolute Gasteiger partial charge is 0.312 e. The molecule has 0 N–H and O–H groups in total. The molecule has 2 aromatic carbocycles. The molecule has 0 aliphatic carbocycles. The summed E-state index contributed by atoms with van der Waals surface area (Å²) >= 11 is 3.35. The Morgan fingerprint density at radius 2 is 1.84 bits per heavy atom. The summed E-state index contributed by atoms with van der Waals surface area (Å²) < 4.78 is 40.3. The van der Waals surface area contributed by atoms with Crippen LogP contribution in [-0.2, 0) is 32.3 Å². The van der Waals surface area contributed by atoms with Gasteiger partial charge in [-0.25, -0.2) is 12.8 Å². The van der Waals surface area contributed by atoms with Crippen LogP contribution in [0, 0.1) is 5.82 Å². The quantitative estimate of drug-likeness (QED) is 0.607. The van der Waals surface area contributed by atoms with Gasteiger partial charge in [0.25, 0.3) is 0 Å². The van der Waals surface area contributed by atoms with E-state index in [0.717, 1.165) is 11.1 Å². The molecule has 4 rings (SSSR count). The number of nitrogens with zero attached hydrogens (tertiary/aromatic N) is 2. The number of carbonyl (C=O) groups excluding carboxylic acids is 2. The summed E-state index contributed by atoms with van der Waals surface area (Å²) in [7, 11) is -3.79. The zero-order valence-electron chi connectivity index (χ0n) is 17.9. The third kappa shape index (κ3) is 4.20. The van der Waals surface area contributed by atoms with E-state index in [4.69, 9.17) is 0 Å². The minimum absolute atomic E-state index is 0.0753. The SMILES string of the molecule is CC(=O)N1CCc2cc(Br)c(S(=O)(=O)CCC(=O)N3c4ccc(F)cc4CCC3C)cc21. The predicted molar refractivity (Wildman–Crippen MR) is 124 cm³/mol. The first-order valence-corrected chi connectivity index (χ1v) is 13.0. The molecule has 0 spiro atoms. The van der Waals surface area contributed by atoms with Crippen LogP contribution < -0.4 is 9.80 Å². The summed E-state index contributed by atoms with van der Waals surface area (Å²) in [5, 5.41) is 0. The van der Waals surface area contributed by atoms with Crippen molar-refractivity contribution in [1.82, 2.24) is 0 Å². The smallest absolute Gasteiger partial charge is 0.228 e. The van der Waals surface area contributed by atoms with Gasteiger partial charge in [0, 0.05) is 41.8 Å². The number of halogens is 2. The van der Waals surface area contributed by atoms with Gasteiger partial charge in [-0.05, 0) is 83.6 Å². The number of sulfone groups is 1. The standard InChI is InChI=1S/C23H24BrFN2O4S/c1-14-3-4-16-11-18(25)5-6-20(16)27(14)23(29)8-10-32(30,31)22-13-21-17(12-19(22)24)7-9-26(21)15(2)28/h5-6,11-14H,3-4,7-10H2,1-2H3. The Morgan fingerprint density at radius 3 is 2.56 bits per heavy atom. The highest BCUT2D eigenvalue weighted by molar-refractivity contribution is 9.10. The molecule has 2 amide bonds. The van der Waals surface area contributed by atoms with E-state index in [1.54, 1.807) is 21.9 Å². The van der Waals surface area contributed by atoms with Crippen LogP contribution in [0.15, 0.2) is 39.7 Å². The lowest BCUT2D eigenvalue weighted by Crippen LogP contribution is -2.42. The van der Waals surface area contributed by atoms with Crippen molar-refractivity contribution in [3.05, 3.63) is 51.7 Å². The molecular weight excluding hydrogens is 499 g/mol. The Labute approximate surface area is 195 Å². The van der Waals surface area contributed by atoms with Crippen molar-refractivity contribution in [1.29, 1.82) is 0 Å². The number of rotatable bonds is 4. The lowest BCUT2D eigenvalue weighted by Gasteiger charge is -2.35. The minimum Gasteiger partial charge on any atom is -0.312 e. The molecule has 170 valence electrons. The number of amides is 2. The second-order valence-electron chi connectivity index (χ2n) is 8.33. The Kier molecular flexibility index (Phi) is 6.15. The third-order valence-corrected chi connectivity index (χ3v) is 8.84. The summed E-state index contributed by atoms with van der Waals surface area (Å²) in [6, 6.07) is 7.50. The summed E-state index contributed by atoms with van der Waals surface area (Å²) in [6.07, 6.45) is 1.83. The van der Waals surface area contributed by atoms with Gasteiger partial charge in [0.2, 0.25) is 11.8 Å². The van der Waals surface area contributed by atoms with Gasteiger partial charge in [0.15, 0.2) is 9.84 Å². The van der Waals surface area contributed by atoms with Crippen LogP contribution in [0.4, 0.5) is 15.8 Å². The second-order valence-corrected chi connectivity index (χ2v) is 11.3. The van der Waals surface area contributed by atoms with Crippen molar-refractivity contribution >= 4 is 49.0 Å². The van der Waals surface area contributed by atoms with Crippen LogP contribution >= 0.6 is 15.9 Å². The van der Waals surface area contributed by atoms with Crippen LogP contribution in [-0.4, -0.2) is 38.6 Å². The Hall–Kier alpha value is -2.26. The number of hydrogen-bond donors (Lipinski definition) is 0. The minimum atomic E-state index is -3.79. The molecule has 9 heteroatoms. The molecule has 0 fully saturated rings. The number of carbonyl (C=O) groups is 2. The number of hydrogen-bond acceptors (Lipinski definition) is 4. The number of benzene rings is 2. The van der Waals surface area contributed by atoms with Gasteiger partial charge in [0.05, 0.1) is 10.6 Å². The average molecular weight is 523 g/mol. The molecule has 0 aromatic heterocycles. The molecule has 0 saturated carbocycles. The number of aryl methyl sites for hydroxylation is 1. The maximum absolute atomic E-state index is 13.6. The van der Waals surface area contributed by atoms with Crippen LogP contribution in [0.5, 0.6) is 0 Å². The van der Waals surface area contributed by atoms with Gasteiger partial charge in [-0.1, -0.05) is 0 Å². The first kappa shape index (κ1) is 22.9. The van der Waals surface area contributed by atoms with Crippen molar-refractivity contribution in [3.8, 4) is 0 Å². The van der Waals surface area contributed by atoms with E-state index in [1.165, 1.54) is 25.1 Å². The predicted octanol–water partition coefficient (Wildman–Crippen LogP) is 4.03. The van der Waals surface area contributed by atoms with Gasteiger partial charge in [-0.3, -0.25) is 9.59 Å². The molecule has 2 aromatic rings. The van der Waals surface area contributed by atoms with Gasteiger partial charge in [-0.2, -0.15) is 0 Å². The lowest BCUT2D eigenvalue weighted by atomic mass is 9.96. The van der Waals surface area contributed by atoms with Crippen LogP contribution in [0.1, 0.15) is 37.8 Å². The van der Waals surface area contributed by atoms with Crippen LogP contribution in [0.2, 0.25) is 0 Å². The highest BCUT2D eigenvalue weighted by atomic mass is 79.9. The highest BCUT2D eigenvalue weighted by Gasteiger charge is 2.31. The first-order chi connectivity index (χ1) is 15.1. The van der Waals surface area contributed by atoms with E-state index in [0.29, 0.717) is 41.7 Å². The first-order valence-electron chi connectivity index (χ1n) is 10.5. The number of anilines is 2. The second kappa shape index (κ2) is 8.59. The van der Waals surface area contributed by atoms with E-state index in [-0.39, 0.29) is 40.7 Å². The zero-order valence-corrected chi connectivity index (χ0v) is 20.3. The maximum Gasteiger partial charge on any atom is 0.228 e. The van der Waals surface area contributed by atoms with E-state index in [2.05, 4.69) is 15.9 Å². The highest BCUT2D eigenvalue weighted by Crippen LogP contribution is 2.36. The van der Waals surface area contributed by atoms with Gasteiger partial charge >= 0.3 is 0 Å². The van der Waals surface area contributed by atoms with Crippen molar-refractivity contribution in [3.63, 3.8) is 0 Å². The molecule has 32 heavy (non-hydrogen) atoms. The van der Waals surface area contributed by atoms with E-state index >= 15 is 0 Å². The lowest BCUT2D eigenvalue weighted by molar-refractivity contribution is -0.119. The molecule has 2 aliphatic heterocycles. The molecule has 2 heterocycles. The molecule has 1 atom stereocenters. The fourth-order valence-electron chi connectivity index (χ4n) is 4.51. The fourth-order valence-corrected chi connectivity index (χ4v) is 6.95. The van der Waals surface area contributed by atoms with Crippen molar-refractivity contribution in [2.45, 2.75) is 50.5 Å². The average Bonchev–Trinajstić information content (AvgIpc) is 3.14. The van der Waals surface area contributed by atoms with Gasteiger partial charge in [0.1, 0.15) is 5.82 Å². The molecule has 1 unspecified atom stereocenters. The molecule has 0 bridgehead atoms. The maximum atomic E-state index is 13.6. The van der Waals surface area contributed by atoms with Crippen LogP contribution in [0.25, 0.3) is 0 Å². The van der Waals surface area contributed by atoms with Crippen molar-refractivity contribution in [2.75, 3.05) is 22.1 Å². The molecule has 2 aliphatic rings. The summed E-state index contributed by atoms with van der Waals surface area (Å²) in [4.78, 5) is 28.2. The summed E-state index contributed by atoms with van der Waals surface area (Å²) in [5.74, 6) is -1.16. The Morgan fingerprint density at radius 1 is 1.12 bits per heavy atom. The van der Waals surface area contributed by atoms with E-state index < -0.39 is 9.84 Å². The van der Waals surface area contributed by atoms with E-state index in [9.17, 15) is 22.4 Å². The van der Waals surface area contributed by atoms with Crippen molar-refractivity contribution in [2.24, 2.45) is 0 Å². The normalized spacial score (nSPS) is 17.8. The topological polar surface area (TPSA) is 74.8 Å². The summed E-state index contributed by atoms with van der Waals surface area (Å²) in [5.41, 5.74) is 2.91. The van der Waals surface area contributed by atoms with E-state index in [1.807, 2.05) is 6.92 Å². The Balaban J connectivity index is 1.56. The fraction of sp³-hybridized carbons (Fsp3) is 0.391.